The van der Waals surface area contributed by atoms with Gasteiger partial charge in [0.1, 0.15) is 5.66 Å². The summed E-state index contributed by atoms with van der Waals surface area (Å²) in [5.41, 5.74) is 14.7. The van der Waals surface area contributed by atoms with Crippen LogP contribution < -0.4 is 21.7 Å². The lowest BCUT2D eigenvalue weighted by molar-refractivity contribution is -0.116. The molecule has 24 heavy (non-hydrogen) atoms. The number of hydrogen-bond acceptors (Lipinski definition) is 6. The molecule has 0 saturated heterocycles. The molecule has 1 fully saturated rings. The zero-order valence-corrected chi connectivity index (χ0v) is 13.6. The van der Waals surface area contributed by atoms with Gasteiger partial charge in [0.25, 0.3) is 0 Å². The molecule has 0 bridgehead atoms. The zero-order valence-electron chi connectivity index (χ0n) is 13.6. The molecule has 0 atom stereocenters. The Hall–Kier alpha value is -2.57. The van der Waals surface area contributed by atoms with Gasteiger partial charge in [-0.1, -0.05) is 12.5 Å². The molecule has 126 valence electrons. The van der Waals surface area contributed by atoms with Gasteiger partial charge in [-0.25, -0.2) is 4.99 Å². The van der Waals surface area contributed by atoms with Crippen LogP contribution in [-0.4, -0.2) is 23.5 Å². The summed E-state index contributed by atoms with van der Waals surface area (Å²) < 4.78 is 0. The van der Waals surface area contributed by atoms with E-state index in [4.69, 9.17) is 16.5 Å². The molecule has 2 heterocycles. The first-order valence-corrected chi connectivity index (χ1v) is 8.50. The van der Waals surface area contributed by atoms with Crippen LogP contribution in [0, 0.1) is 0 Å². The molecule has 1 saturated carbocycles. The fourth-order valence-corrected chi connectivity index (χ4v) is 4.09. The van der Waals surface area contributed by atoms with Crippen molar-refractivity contribution in [3.63, 3.8) is 0 Å². The third-order valence-electron chi connectivity index (χ3n) is 5.12. The minimum Gasteiger partial charge on any atom is -0.369 e. The molecule has 2 aliphatic heterocycles. The van der Waals surface area contributed by atoms with Crippen LogP contribution in [0.3, 0.4) is 0 Å². The number of anilines is 2. The summed E-state index contributed by atoms with van der Waals surface area (Å²) in [6.07, 6.45) is 6.35. The number of nitrogens with zero attached hydrogens (tertiary/aromatic N) is 3. The molecule has 0 aromatic heterocycles. The van der Waals surface area contributed by atoms with E-state index in [1.54, 1.807) is 0 Å². The number of nitrogens with one attached hydrogen (secondary N) is 1. The van der Waals surface area contributed by atoms with Crippen molar-refractivity contribution < 1.29 is 4.79 Å². The molecule has 5 N–H and O–H groups in total. The summed E-state index contributed by atoms with van der Waals surface area (Å²) in [7, 11) is 0. The Bertz CT molecular complexity index is 747. The third kappa shape index (κ3) is 2.31. The highest BCUT2D eigenvalue weighted by Crippen LogP contribution is 2.42. The largest absolute Gasteiger partial charge is 0.369 e. The van der Waals surface area contributed by atoms with Gasteiger partial charge in [-0.2, -0.15) is 4.99 Å². The first kappa shape index (κ1) is 15.0. The summed E-state index contributed by atoms with van der Waals surface area (Å²) >= 11 is 0. The molecule has 4 rings (SSSR count). The number of carbonyl (C=O) groups is 1. The molecule has 0 radical (unpaired) electrons. The Labute approximate surface area is 140 Å². The Morgan fingerprint density at radius 2 is 1.92 bits per heavy atom. The van der Waals surface area contributed by atoms with Crippen molar-refractivity contribution >= 4 is 29.2 Å². The molecule has 7 heteroatoms. The van der Waals surface area contributed by atoms with E-state index in [0.29, 0.717) is 18.8 Å². The van der Waals surface area contributed by atoms with Gasteiger partial charge in [0.2, 0.25) is 17.8 Å². The predicted octanol–water partition coefficient (Wildman–Crippen LogP) is 1.68. The van der Waals surface area contributed by atoms with E-state index in [9.17, 15) is 4.79 Å². The van der Waals surface area contributed by atoms with E-state index < -0.39 is 5.66 Å². The van der Waals surface area contributed by atoms with Gasteiger partial charge < -0.3 is 16.8 Å². The molecule has 1 aliphatic carbocycles. The lowest BCUT2D eigenvalue weighted by Gasteiger charge is -2.46. The van der Waals surface area contributed by atoms with E-state index in [-0.39, 0.29) is 11.9 Å². The maximum absolute atomic E-state index is 11.7. The second-order valence-corrected chi connectivity index (χ2v) is 6.67. The van der Waals surface area contributed by atoms with E-state index in [1.165, 1.54) is 6.42 Å². The number of fused-ring (bicyclic) bond motifs is 1. The van der Waals surface area contributed by atoms with Gasteiger partial charge in [0, 0.05) is 17.7 Å². The number of nitrogens with two attached hydrogens (primary N) is 2. The molecule has 3 aliphatic rings. The zero-order chi connectivity index (χ0) is 16.7. The van der Waals surface area contributed by atoms with Crippen LogP contribution in [-0.2, 0) is 11.2 Å². The molecule has 0 unspecified atom stereocenters. The van der Waals surface area contributed by atoms with Crippen molar-refractivity contribution in [3.05, 3.63) is 23.8 Å². The summed E-state index contributed by atoms with van der Waals surface area (Å²) in [6.45, 7) is 0. The van der Waals surface area contributed by atoms with Crippen LogP contribution in [0.4, 0.5) is 11.4 Å². The Kier molecular flexibility index (Phi) is 3.44. The Morgan fingerprint density at radius 1 is 1.12 bits per heavy atom. The minimum absolute atomic E-state index is 0.0505. The van der Waals surface area contributed by atoms with Gasteiger partial charge in [-0.15, -0.1) is 0 Å². The Morgan fingerprint density at radius 3 is 2.71 bits per heavy atom. The normalized spacial score (nSPS) is 22.5. The minimum atomic E-state index is -0.454. The van der Waals surface area contributed by atoms with E-state index in [1.807, 2.05) is 23.1 Å². The van der Waals surface area contributed by atoms with E-state index in [0.717, 1.165) is 42.6 Å². The molecule has 1 aromatic rings. The van der Waals surface area contributed by atoms with Gasteiger partial charge in [0.05, 0.1) is 5.69 Å². The second kappa shape index (κ2) is 5.51. The smallest absolute Gasteiger partial charge is 0.224 e. The standard InChI is InChI=1S/C17H22N6O/c18-15-21-16(19)23(17(22-15)9-2-1-3-10-17)13-6-4-5-12-11(13)7-8-14(24)20-12/h4-6H,1-3,7-10H2,(H,20,24)(H4,18,19,21,22). The first-order chi connectivity index (χ1) is 11.6. The molecular formula is C17H22N6O. The highest BCUT2D eigenvalue weighted by Gasteiger charge is 2.43. The predicted molar refractivity (Wildman–Crippen MR) is 94.9 cm³/mol. The van der Waals surface area contributed by atoms with Crippen molar-refractivity contribution in [2.24, 2.45) is 21.5 Å². The van der Waals surface area contributed by atoms with Crippen LogP contribution >= 0.6 is 0 Å². The number of guanidine groups is 2. The van der Waals surface area contributed by atoms with E-state index in [2.05, 4.69) is 10.3 Å². The van der Waals surface area contributed by atoms with Crippen LogP contribution in [0.15, 0.2) is 28.2 Å². The molecule has 1 amide bonds. The maximum Gasteiger partial charge on any atom is 0.224 e. The van der Waals surface area contributed by atoms with Crippen LogP contribution in [0.2, 0.25) is 0 Å². The quantitative estimate of drug-likeness (QED) is 0.729. The highest BCUT2D eigenvalue weighted by molar-refractivity contribution is 6.07. The van der Waals surface area contributed by atoms with Gasteiger partial charge in [-0.3, -0.25) is 9.69 Å². The SMILES string of the molecule is NC1=NC2(CCCCC2)N(c2cccc3c2CCC(=O)N3)C(N)=N1. The summed E-state index contributed by atoms with van der Waals surface area (Å²) in [5.74, 6) is 0.688. The van der Waals surface area contributed by atoms with Crippen molar-refractivity contribution in [3.8, 4) is 0 Å². The second-order valence-electron chi connectivity index (χ2n) is 6.67. The number of benzene rings is 1. The Balaban J connectivity index is 1.84. The average molecular weight is 326 g/mol. The number of aliphatic imine (C=N–C) groups is 2. The monoisotopic (exact) mass is 326 g/mol. The fourth-order valence-electron chi connectivity index (χ4n) is 4.09. The lowest BCUT2D eigenvalue weighted by atomic mass is 9.86. The molecule has 1 spiro atoms. The average Bonchev–Trinajstić information content (AvgIpc) is 2.54. The molecule has 7 nitrogen and oxygen atoms in total. The van der Waals surface area contributed by atoms with Gasteiger partial charge in [-0.05, 0) is 44.2 Å². The van der Waals surface area contributed by atoms with Crippen molar-refractivity contribution in [1.29, 1.82) is 0 Å². The first-order valence-electron chi connectivity index (χ1n) is 8.50. The number of carbonyl (C=O) groups excluding carboxylic acids is 1. The maximum atomic E-state index is 11.7. The van der Waals surface area contributed by atoms with Crippen LogP contribution in [0.1, 0.15) is 44.1 Å². The van der Waals surface area contributed by atoms with Crippen LogP contribution in [0.5, 0.6) is 0 Å². The number of hydrogen-bond donors (Lipinski definition) is 3. The summed E-state index contributed by atoms with van der Waals surface area (Å²) in [6, 6.07) is 5.90. The summed E-state index contributed by atoms with van der Waals surface area (Å²) in [4.78, 5) is 22.7. The van der Waals surface area contributed by atoms with Crippen LogP contribution in [0.25, 0.3) is 0 Å². The summed E-state index contributed by atoms with van der Waals surface area (Å²) in [5, 5.41) is 2.95. The molecular weight excluding hydrogens is 304 g/mol. The third-order valence-corrected chi connectivity index (χ3v) is 5.12. The van der Waals surface area contributed by atoms with Crippen molar-refractivity contribution in [2.45, 2.75) is 50.6 Å². The number of amides is 1. The number of rotatable bonds is 1. The topological polar surface area (TPSA) is 109 Å². The lowest BCUT2D eigenvalue weighted by Crippen LogP contribution is -2.58. The fraction of sp³-hybridized carbons (Fsp3) is 0.471. The van der Waals surface area contributed by atoms with E-state index >= 15 is 0 Å². The van der Waals surface area contributed by atoms with Gasteiger partial charge >= 0.3 is 0 Å². The highest BCUT2D eigenvalue weighted by atomic mass is 16.1. The van der Waals surface area contributed by atoms with Crippen molar-refractivity contribution in [2.75, 3.05) is 10.2 Å². The van der Waals surface area contributed by atoms with Gasteiger partial charge in [0.15, 0.2) is 0 Å². The molecule has 1 aromatic carbocycles. The van der Waals surface area contributed by atoms with Crippen molar-refractivity contribution in [1.82, 2.24) is 0 Å².